The summed E-state index contributed by atoms with van der Waals surface area (Å²) in [7, 11) is 1.53. The van der Waals surface area contributed by atoms with E-state index in [-0.39, 0.29) is 5.82 Å². The van der Waals surface area contributed by atoms with Crippen molar-refractivity contribution < 1.29 is 9.13 Å². The molecule has 2 rings (SSSR count). The fraction of sp³-hybridized carbons (Fsp3) is 0.667. The minimum Gasteiger partial charge on any atom is -0.494 e. The van der Waals surface area contributed by atoms with Gasteiger partial charge in [0.05, 0.1) is 7.11 Å². The second-order valence-corrected chi connectivity index (χ2v) is 6.36. The molecule has 0 aromatic heterocycles. The molecular formula is C18H28FNO. The largest absolute Gasteiger partial charge is 0.494 e. The first-order chi connectivity index (χ1) is 10.2. The highest BCUT2D eigenvalue weighted by Crippen LogP contribution is 2.38. The lowest BCUT2D eigenvalue weighted by Crippen LogP contribution is -2.31. The zero-order valence-electron chi connectivity index (χ0n) is 13.5. The van der Waals surface area contributed by atoms with Gasteiger partial charge in [0.15, 0.2) is 11.6 Å². The van der Waals surface area contributed by atoms with Crippen molar-refractivity contribution in [3.8, 4) is 5.75 Å². The van der Waals surface area contributed by atoms with Crippen molar-refractivity contribution in [3.05, 3.63) is 29.6 Å². The molecule has 1 aromatic rings. The molecular weight excluding hydrogens is 265 g/mol. The van der Waals surface area contributed by atoms with Crippen LogP contribution < -0.4 is 10.1 Å². The van der Waals surface area contributed by atoms with E-state index in [0.29, 0.717) is 17.7 Å². The summed E-state index contributed by atoms with van der Waals surface area (Å²) in [5.74, 6) is 1.49. The smallest absolute Gasteiger partial charge is 0.165 e. The monoisotopic (exact) mass is 293 g/mol. The topological polar surface area (TPSA) is 21.3 Å². The predicted molar refractivity (Wildman–Crippen MR) is 85.1 cm³/mol. The van der Waals surface area contributed by atoms with Crippen LogP contribution in [0.2, 0.25) is 0 Å². The van der Waals surface area contributed by atoms with Crippen molar-refractivity contribution in [1.82, 2.24) is 5.32 Å². The average Bonchev–Trinajstić information content (AvgIpc) is 2.49. The van der Waals surface area contributed by atoms with Gasteiger partial charge < -0.3 is 10.1 Å². The maximum absolute atomic E-state index is 13.6. The molecule has 118 valence electrons. The molecule has 1 aliphatic rings. The average molecular weight is 293 g/mol. The Balaban J connectivity index is 2.22. The highest BCUT2D eigenvalue weighted by Gasteiger charge is 2.28. The summed E-state index contributed by atoms with van der Waals surface area (Å²) in [5.41, 5.74) is 1.15. The van der Waals surface area contributed by atoms with Gasteiger partial charge in [-0.3, -0.25) is 0 Å². The van der Waals surface area contributed by atoms with Gasteiger partial charge >= 0.3 is 0 Å². The lowest BCUT2D eigenvalue weighted by atomic mass is 9.76. The number of nitrogens with one attached hydrogen (secondary N) is 1. The van der Waals surface area contributed by atoms with Crippen LogP contribution in [-0.4, -0.2) is 13.7 Å². The quantitative estimate of drug-likeness (QED) is 0.820. The molecule has 0 aliphatic heterocycles. The standard InChI is InChI=1S/C18H28FNO/c1-4-10-20-18(14-7-5-6-13(2)11-14)15-8-9-16(19)17(12-15)21-3/h8-9,12-14,18,20H,4-7,10-11H2,1-3H3. The molecule has 1 aromatic carbocycles. The van der Waals surface area contributed by atoms with Gasteiger partial charge in [0.2, 0.25) is 0 Å². The van der Waals surface area contributed by atoms with Crippen LogP contribution in [0.4, 0.5) is 4.39 Å². The van der Waals surface area contributed by atoms with E-state index in [1.807, 2.05) is 12.1 Å². The van der Waals surface area contributed by atoms with Crippen molar-refractivity contribution in [2.24, 2.45) is 11.8 Å². The van der Waals surface area contributed by atoms with E-state index < -0.39 is 0 Å². The van der Waals surface area contributed by atoms with Crippen molar-refractivity contribution in [1.29, 1.82) is 0 Å². The van der Waals surface area contributed by atoms with E-state index in [9.17, 15) is 4.39 Å². The number of hydrogen-bond donors (Lipinski definition) is 1. The Kier molecular flexibility index (Phi) is 6.04. The number of ether oxygens (including phenoxy) is 1. The highest BCUT2D eigenvalue weighted by molar-refractivity contribution is 5.32. The van der Waals surface area contributed by atoms with E-state index in [4.69, 9.17) is 4.74 Å². The molecule has 1 N–H and O–H groups in total. The molecule has 2 nitrogen and oxygen atoms in total. The van der Waals surface area contributed by atoms with Gasteiger partial charge in [-0.2, -0.15) is 0 Å². The van der Waals surface area contributed by atoms with Gasteiger partial charge in [-0.15, -0.1) is 0 Å². The molecule has 21 heavy (non-hydrogen) atoms. The van der Waals surface area contributed by atoms with Crippen LogP contribution in [-0.2, 0) is 0 Å². The van der Waals surface area contributed by atoms with Crippen molar-refractivity contribution >= 4 is 0 Å². The minimum absolute atomic E-state index is 0.285. The first-order valence-electron chi connectivity index (χ1n) is 8.22. The maximum Gasteiger partial charge on any atom is 0.165 e. The zero-order chi connectivity index (χ0) is 15.2. The van der Waals surface area contributed by atoms with Crippen LogP contribution in [0.5, 0.6) is 5.75 Å². The van der Waals surface area contributed by atoms with Crippen LogP contribution in [0.3, 0.4) is 0 Å². The molecule has 3 atom stereocenters. The second-order valence-electron chi connectivity index (χ2n) is 6.36. The zero-order valence-corrected chi connectivity index (χ0v) is 13.5. The Labute approximate surface area is 128 Å². The third kappa shape index (κ3) is 4.19. The van der Waals surface area contributed by atoms with E-state index in [0.717, 1.165) is 24.4 Å². The molecule has 0 radical (unpaired) electrons. The third-order valence-corrected chi connectivity index (χ3v) is 4.60. The van der Waals surface area contributed by atoms with Gasteiger partial charge in [-0.1, -0.05) is 32.8 Å². The summed E-state index contributed by atoms with van der Waals surface area (Å²) in [6.07, 6.45) is 6.25. The Hall–Kier alpha value is -1.09. The number of rotatable bonds is 6. The van der Waals surface area contributed by atoms with Crippen LogP contribution >= 0.6 is 0 Å². The summed E-state index contributed by atoms with van der Waals surface area (Å²) in [6.45, 7) is 5.52. The van der Waals surface area contributed by atoms with Crippen LogP contribution in [0.1, 0.15) is 57.6 Å². The highest BCUT2D eigenvalue weighted by atomic mass is 19.1. The van der Waals surface area contributed by atoms with Gasteiger partial charge in [0.25, 0.3) is 0 Å². The van der Waals surface area contributed by atoms with E-state index >= 15 is 0 Å². The summed E-state index contributed by atoms with van der Waals surface area (Å²) in [4.78, 5) is 0. The Morgan fingerprint density at radius 3 is 2.86 bits per heavy atom. The molecule has 0 saturated heterocycles. The number of methoxy groups -OCH3 is 1. The lowest BCUT2D eigenvalue weighted by molar-refractivity contribution is 0.223. The van der Waals surface area contributed by atoms with Crippen LogP contribution in [0, 0.1) is 17.7 Å². The van der Waals surface area contributed by atoms with Gasteiger partial charge in [0, 0.05) is 6.04 Å². The Bertz CT molecular complexity index is 449. The van der Waals surface area contributed by atoms with Crippen molar-refractivity contribution in [2.75, 3.05) is 13.7 Å². The first-order valence-corrected chi connectivity index (χ1v) is 8.22. The molecule has 0 amide bonds. The van der Waals surface area contributed by atoms with Crippen molar-refractivity contribution in [3.63, 3.8) is 0 Å². The maximum atomic E-state index is 13.6. The van der Waals surface area contributed by atoms with Gasteiger partial charge in [0.1, 0.15) is 0 Å². The summed E-state index contributed by atoms with van der Waals surface area (Å²) < 4.78 is 18.8. The molecule has 3 unspecified atom stereocenters. The van der Waals surface area contributed by atoms with Crippen LogP contribution in [0.25, 0.3) is 0 Å². The predicted octanol–water partition coefficient (Wildman–Crippen LogP) is 4.70. The SMILES string of the molecule is CCCNC(c1ccc(F)c(OC)c1)C1CCCC(C)C1. The molecule has 0 heterocycles. The summed E-state index contributed by atoms with van der Waals surface area (Å²) in [5, 5.41) is 3.67. The molecule has 3 heteroatoms. The number of benzene rings is 1. The normalized spacial score (nSPS) is 23.8. The summed E-state index contributed by atoms with van der Waals surface area (Å²) in [6, 6.07) is 5.61. The molecule has 0 bridgehead atoms. The Morgan fingerprint density at radius 2 is 2.19 bits per heavy atom. The molecule has 1 fully saturated rings. The number of halogens is 1. The summed E-state index contributed by atoms with van der Waals surface area (Å²) >= 11 is 0. The molecule has 1 aliphatic carbocycles. The number of hydrogen-bond acceptors (Lipinski definition) is 2. The van der Waals surface area contributed by atoms with E-state index in [1.165, 1.54) is 38.9 Å². The van der Waals surface area contributed by atoms with Crippen LogP contribution in [0.15, 0.2) is 18.2 Å². The first kappa shape index (κ1) is 16.3. The van der Waals surface area contributed by atoms with E-state index in [2.05, 4.69) is 19.2 Å². The Morgan fingerprint density at radius 1 is 1.38 bits per heavy atom. The molecule has 1 saturated carbocycles. The van der Waals surface area contributed by atoms with E-state index in [1.54, 1.807) is 0 Å². The minimum atomic E-state index is -0.285. The second kappa shape index (κ2) is 7.79. The fourth-order valence-corrected chi connectivity index (χ4v) is 3.51. The lowest BCUT2D eigenvalue weighted by Gasteiger charge is -2.34. The van der Waals surface area contributed by atoms with Gasteiger partial charge in [-0.25, -0.2) is 4.39 Å². The molecule has 0 spiro atoms. The van der Waals surface area contributed by atoms with Crippen molar-refractivity contribution in [2.45, 2.75) is 52.0 Å². The van der Waals surface area contributed by atoms with Gasteiger partial charge in [-0.05, 0) is 55.3 Å². The fourth-order valence-electron chi connectivity index (χ4n) is 3.51. The third-order valence-electron chi connectivity index (χ3n) is 4.60.